The Morgan fingerprint density at radius 3 is 2.72 bits per heavy atom. The van der Waals surface area contributed by atoms with Crippen LogP contribution >= 0.6 is 11.3 Å². The van der Waals surface area contributed by atoms with Gasteiger partial charge in [-0.3, -0.25) is 14.9 Å². The number of nitro benzene ring substituents is 1. The van der Waals surface area contributed by atoms with Crippen molar-refractivity contribution in [3.63, 3.8) is 0 Å². The van der Waals surface area contributed by atoms with E-state index < -0.39 is 17.4 Å². The molecule has 0 radical (unpaired) electrons. The summed E-state index contributed by atoms with van der Waals surface area (Å²) in [6.07, 6.45) is 1.32. The number of ether oxygens (including phenoxy) is 2. The molecule has 162 valence electrons. The first kappa shape index (κ1) is 21.1. The quantitative estimate of drug-likeness (QED) is 0.324. The van der Waals surface area contributed by atoms with Crippen LogP contribution in [0, 0.1) is 15.9 Å². The molecule has 4 aromatic rings. The van der Waals surface area contributed by atoms with Crippen molar-refractivity contribution in [2.75, 3.05) is 19.0 Å². The van der Waals surface area contributed by atoms with Gasteiger partial charge in [-0.2, -0.15) is 0 Å². The minimum Gasteiger partial charge on any atom is -0.495 e. The summed E-state index contributed by atoms with van der Waals surface area (Å²) in [4.78, 5) is 31.9. The fourth-order valence-electron chi connectivity index (χ4n) is 3.03. The summed E-state index contributed by atoms with van der Waals surface area (Å²) in [5.74, 6) is -0.454. The molecule has 11 heteroatoms. The number of fused-ring (bicyclic) bond motifs is 1. The van der Waals surface area contributed by atoms with Crippen molar-refractivity contribution in [3.8, 4) is 22.8 Å². The fourth-order valence-corrected chi connectivity index (χ4v) is 3.93. The van der Waals surface area contributed by atoms with Crippen LogP contribution in [-0.4, -0.2) is 34.5 Å². The van der Waals surface area contributed by atoms with Crippen LogP contribution in [0.4, 0.5) is 15.8 Å². The van der Waals surface area contributed by atoms with E-state index in [1.54, 1.807) is 12.1 Å². The van der Waals surface area contributed by atoms with Gasteiger partial charge in [-0.1, -0.05) is 12.1 Å². The second kappa shape index (κ2) is 8.94. The number of methoxy groups -OCH3 is 1. The highest BCUT2D eigenvalue weighted by molar-refractivity contribution is 7.17. The number of nitrogens with zero attached hydrogens (tertiary/aromatic N) is 3. The van der Waals surface area contributed by atoms with E-state index in [1.165, 1.54) is 55.1 Å². The summed E-state index contributed by atoms with van der Waals surface area (Å²) < 4.78 is 24.1. The van der Waals surface area contributed by atoms with Crippen molar-refractivity contribution in [1.82, 2.24) is 9.97 Å². The molecule has 0 spiro atoms. The predicted molar refractivity (Wildman–Crippen MR) is 117 cm³/mol. The lowest BCUT2D eigenvalue weighted by Crippen LogP contribution is -2.21. The Morgan fingerprint density at radius 1 is 1.22 bits per heavy atom. The lowest BCUT2D eigenvalue weighted by molar-refractivity contribution is -0.384. The van der Waals surface area contributed by atoms with Gasteiger partial charge in [0.25, 0.3) is 11.6 Å². The van der Waals surface area contributed by atoms with Gasteiger partial charge in [-0.25, -0.2) is 14.4 Å². The Kier molecular flexibility index (Phi) is 5.90. The van der Waals surface area contributed by atoms with Gasteiger partial charge in [-0.05, 0) is 23.8 Å². The number of carbonyl (C=O) groups is 1. The van der Waals surface area contributed by atoms with E-state index in [2.05, 4.69) is 15.3 Å². The number of nitro groups is 1. The van der Waals surface area contributed by atoms with Crippen LogP contribution in [0.25, 0.3) is 21.3 Å². The number of amides is 1. The van der Waals surface area contributed by atoms with Crippen molar-refractivity contribution < 1.29 is 23.6 Å². The Balaban J connectivity index is 1.55. The highest BCUT2D eigenvalue weighted by atomic mass is 32.1. The first-order valence-corrected chi connectivity index (χ1v) is 10.1. The van der Waals surface area contributed by atoms with E-state index in [0.29, 0.717) is 10.2 Å². The molecule has 0 bridgehead atoms. The third kappa shape index (κ3) is 4.32. The molecule has 4 rings (SSSR count). The van der Waals surface area contributed by atoms with E-state index in [0.717, 1.165) is 11.1 Å². The molecule has 1 amide bonds. The van der Waals surface area contributed by atoms with Gasteiger partial charge < -0.3 is 14.8 Å². The number of anilines is 1. The van der Waals surface area contributed by atoms with Crippen molar-refractivity contribution in [1.29, 1.82) is 0 Å². The van der Waals surface area contributed by atoms with Gasteiger partial charge >= 0.3 is 0 Å². The van der Waals surface area contributed by atoms with Crippen LogP contribution in [0.15, 0.2) is 54.2 Å². The van der Waals surface area contributed by atoms with Gasteiger partial charge in [0, 0.05) is 23.1 Å². The molecule has 9 nitrogen and oxygen atoms in total. The number of non-ortho nitro benzene ring substituents is 1. The maximum Gasteiger partial charge on any atom is 0.271 e. The molecule has 0 atom stereocenters. The minimum atomic E-state index is -0.573. The molecule has 0 aliphatic heterocycles. The van der Waals surface area contributed by atoms with Gasteiger partial charge in [0.1, 0.15) is 22.7 Å². The zero-order valence-corrected chi connectivity index (χ0v) is 17.4. The molecule has 2 aromatic carbocycles. The number of benzene rings is 2. The predicted octanol–water partition coefficient (Wildman–Crippen LogP) is 4.43. The van der Waals surface area contributed by atoms with Crippen LogP contribution < -0.4 is 14.8 Å². The molecule has 32 heavy (non-hydrogen) atoms. The number of nitrogens with one attached hydrogen (secondary N) is 1. The molecular weight excluding hydrogens is 439 g/mol. The number of rotatable bonds is 7. The second-order valence-corrected chi connectivity index (χ2v) is 7.35. The van der Waals surface area contributed by atoms with Gasteiger partial charge in [0.05, 0.1) is 23.1 Å². The summed E-state index contributed by atoms with van der Waals surface area (Å²) in [5, 5.41) is 16.0. The van der Waals surface area contributed by atoms with Crippen molar-refractivity contribution in [3.05, 3.63) is 70.1 Å². The van der Waals surface area contributed by atoms with E-state index in [1.807, 2.05) is 5.38 Å². The molecule has 0 aliphatic rings. The normalized spacial score (nSPS) is 10.7. The van der Waals surface area contributed by atoms with E-state index in [9.17, 15) is 19.3 Å². The summed E-state index contributed by atoms with van der Waals surface area (Å²) in [5.41, 5.74) is 1.46. The van der Waals surface area contributed by atoms with E-state index in [4.69, 9.17) is 9.47 Å². The molecule has 0 unspecified atom stereocenters. The van der Waals surface area contributed by atoms with Crippen LogP contribution in [0.5, 0.6) is 11.6 Å². The van der Waals surface area contributed by atoms with Crippen molar-refractivity contribution in [2.45, 2.75) is 0 Å². The Hall–Kier alpha value is -4.12. The lowest BCUT2D eigenvalue weighted by Gasteiger charge is -2.11. The van der Waals surface area contributed by atoms with Crippen molar-refractivity contribution in [2.24, 2.45) is 0 Å². The standard InChI is InChI=1S/C21H15FN4O5S/c1-30-17-7-6-14(26(28)29)8-16(17)25-18(27)9-31-20-19-15(10-32-21(19)24-11-23-20)12-2-4-13(22)5-3-12/h2-8,10-11H,9H2,1H3,(H,25,27). The first-order chi connectivity index (χ1) is 15.5. The average molecular weight is 454 g/mol. The number of halogens is 1. The van der Waals surface area contributed by atoms with E-state index in [-0.39, 0.29) is 28.8 Å². The average Bonchev–Trinajstić information content (AvgIpc) is 3.23. The molecule has 0 saturated carbocycles. The van der Waals surface area contributed by atoms with Crippen LogP contribution in [0.1, 0.15) is 0 Å². The molecular formula is C21H15FN4O5S. The maximum absolute atomic E-state index is 13.3. The van der Waals surface area contributed by atoms with Crippen LogP contribution in [-0.2, 0) is 4.79 Å². The van der Waals surface area contributed by atoms with E-state index >= 15 is 0 Å². The number of aromatic nitrogens is 2. The lowest BCUT2D eigenvalue weighted by atomic mass is 10.1. The van der Waals surface area contributed by atoms with Gasteiger partial charge in [-0.15, -0.1) is 11.3 Å². The minimum absolute atomic E-state index is 0.144. The number of carbonyl (C=O) groups excluding carboxylic acids is 1. The number of thiophene rings is 1. The smallest absolute Gasteiger partial charge is 0.271 e. The molecule has 0 saturated heterocycles. The summed E-state index contributed by atoms with van der Waals surface area (Å²) in [6, 6.07) is 9.83. The topological polar surface area (TPSA) is 116 Å². The van der Waals surface area contributed by atoms with Gasteiger partial charge in [0.2, 0.25) is 5.88 Å². The van der Waals surface area contributed by atoms with Crippen LogP contribution in [0.3, 0.4) is 0 Å². The molecule has 0 fully saturated rings. The fraction of sp³-hybridized carbons (Fsp3) is 0.0952. The summed E-state index contributed by atoms with van der Waals surface area (Å²) in [6.45, 7) is -0.406. The van der Waals surface area contributed by atoms with Gasteiger partial charge in [0.15, 0.2) is 6.61 Å². The van der Waals surface area contributed by atoms with Crippen LogP contribution in [0.2, 0.25) is 0 Å². The molecule has 2 aromatic heterocycles. The third-order valence-electron chi connectivity index (χ3n) is 4.50. The largest absolute Gasteiger partial charge is 0.495 e. The first-order valence-electron chi connectivity index (χ1n) is 9.19. The molecule has 0 aliphatic carbocycles. The highest BCUT2D eigenvalue weighted by Crippen LogP contribution is 2.37. The third-order valence-corrected chi connectivity index (χ3v) is 5.38. The monoisotopic (exact) mass is 454 g/mol. The second-order valence-electron chi connectivity index (χ2n) is 6.49. The molecule has 2 heterocycles. The number of hydrogen-bond acceptors (Lipinski definition) is 8. The number of hydrogen-bond donors (Lipinski definition) is 1. The molecule has 1 N–H and O–H groups in total. The van der Waals surface area contributed by atoms with Crippen molar-refractivity contribution >= 4 is 38.8 Å². The highest BCUT2D eigenvalue weighted by Gasteiger charge is 2.17. The Bertz CT molecular complexity index is 1310. The Morgan fingerprint density at radius 2 is 2.00 bits per heavy atom. The maximum atomic E-state index is 13.3. The zero-order chi connectivity index (χ0) is 22.7. The summed E-state index contributed by atoms with van der Waals surface area (Å²) >= 11 is 1.37. The Labute approximate surface area is 184 Å². The summed E-state index contributed by atoms with van der Waals surface area (Å²) in [7, 11) is 1.39. The zero-order valence-electron chi connectivity index (χ0n) is 16.6. The SMILES string of the molecule is COc1ccc([N+](=O)[O-])cc1NC(=O)COc1ncnc2scc(-c3ccc(F)cc3)c12.